The number of hydrogen-bond donors (Lipinski definition) is 0. The van der Waals surface area contributed by atoms with Crippen molar-refractivity contribution in [1.29, 1.82) is 0 Å². The van der Waals surface area contributed by atoms with Crippen LogP contribution in [0.4, 0.5) is 0 Å². The average Bonchev–Trinajstić information content (AvgIpc) is 1.96. The SMILES string of the molecule is Cc1cc(Br)c(Br)c(CBr)c1. The number of alkyl halides is 1. The fourth-order valence-electron chi connectivity index (χ4n) is 0.894. The number of halogens is 3. The van der Waals surface area contributed by atoms with Crippen molar-refractivity contribution in [2.24, 2.45) is 0 Å². The molecule has 0 aromatic heterocycles. The van der Waals surface area contributed by atoms with Crippen LogP contribution in [0.1, 0.15) is 11.1 Å². The predicted octanol–water partition coefficient (Wildman–Crippen LogP) is 4.41. The van der Waals surface area contributed by atoms with E-state index < -0.39 is 0 Å². The van der Waals surface area contributed by atoms with E-state index in [-0.39, 0.29) is 0 Å². The summed E-state index contributed by atoms with van der Waals surface area (Å²) >= 11 is 10.4. The van der Waals surface area contributed by atoms with Gasteiger partial charge >= 0.3 is 0 Å². The van der Waals surface area contributed by atoms with Crippen LogP contribution in [0.2, 0.25) is 0 Å². The molecule has 0 N–H and O–H groups in total. The third-order valence-corrected chi connectivity index (χ3v) is 4.09. The van der Waals surface area contributed by atoms with Crippen LogP contribution in [0.25, 0.3) is 0 Å². The summed E-state index contributed by atoms with van der Waals surface area (Å²) in [6, 6.07) is 4.25. The standard InChI is InChI=1S/C8H7Br3/c1-5-2-6(4-9)8(11)7(10)3-5/h2-3H,4H2,1H3. The molecule has 60 valence electrons. The molecule has 0 unspecified atom stereocenters. The van der Waals surface area contributed by atoms with Crippen molar-refractivity contribution in [3.63, 3.8) is 0 Å². The van der Waals surface area contributed by atoms with Crippen LogP contribution in [0.5, 0.6) is 0 Å². The second kappa shape index (κ2) is 4.06. The van der Waals surface area contributed by atoms with Crippen LogP contribution >= 0.6 is 47.8 Å². The number of hydrogen-bond acceptors (Lipinski definition) is 0. The first-order chi connectivity index (χ1) is 5.15. The van der Waals surface area contributed by atoms with E-state index in [1.165, 1.54) is 11.1 Å². The fourth-order valence-corrected chi connectivity index (χ4v) is 2.70. The molecule has 11 heavy (non-hydrogen) atoms. The molecule has 0 aliphatic heterocycles. The van der Waals surface area contributed by atoms with Gasteiger partial charge in [0.15, 0.2) is 0 Å². The van der Waals surface area contributed by atoms with E-state index in [0.717, 1.165) is 14.3 Å². The van der Waals surface area contributed by atoms with Crippen molar-refractivity contribution in [1.82, 2.24) is 0 Å². The molecule has 1 aromatic rings. The monoisotopic (exact) mass is 340 g/mol. The molecule has 0 amide bonds. The molecule has 0 spiro atoms. The van der Waals surface area contributed by atoms with Crippen LogP contribution in [-0.2, 0) is 5.33 Å². The first kappa shape index (κ1) is 9.75. The Labute approximate surface area is 91.8 Å². The van der Waals surface area contributed by atoms with Gasteiger partial charge in [-0.05, 0) is 56.0 Å². The van der Waals surface area contributed by atoms with Gasteiger partial charge in [-0.2, -0.15) is 0 Å². The molecule has 0 saturated heterocycles. The van der Waals surface area contributed by atoms with E-state index >= 15 is 0 Å². The highest BCUT2D eigenvalue weighted by Gasteiger charge is 2.02. The average molecular weight is 343 g/mol. The van der Waals surface area contributed by atoms with E-state index in [1.54, 1.807) is 0 Å². The van der Waals surface area contributed by atoms with Crippen molar-refractivity contribution >= 4 is 47.8 Å². The summed E-state index contributed by atoms with van der Waals surface area (Å²) < 4.78 is 2.26. The van der Waals surface area contributed by atoms with Crippen LogP contribution in [0.15, 0.2) is 21.1 Å². The highest BCUT2D eigenvalue weighted by Crippen LogP contribution is 2.29. The molecule has 0 fully saturated rings. The minimum Gasteiger partial charge on any atom is -0.0876 e. The van der Waals surface area contributed by atoms with Crippen LogP contribution in [0, 0.1) is 6.92 Å². The van der Waals surface area contributed by atoms with Gasteiger partial charge in [0.25, 0.3) is 0 Å². The smallest absolute Gasteiger partial charge is 0.0358 e. The van der Waals surface area contributed by atoms with Crippen molar-refractivity contribution in [2.45, 2.75) is 12.3 Å². The van der Waals surface area contributed by atoms with Crippen molar-refractivity contribution in [2.75, 3.05) is 0 Å². The molecular formula is C8H7Br3. The van der Waals surface area contributed by atoms with Gasteiger partial charge in [0.1, 0.15) is 0 Å². The summed E-state index contributed by atoms with van der Waals surface area (Å²) in [6.07, 6.45) is 0. The molecule has 0 heterocycles. The summed E-state index contributed by atoms with van der Waals surface area (Å²) in [5.41, 5.74) is 2.55. The Balaban J connectivity index is 3.24. The Bertz CT molecular complexity index is 268. The van der Waals surface area contributed by atoms with Crippen LogP contribution < -0.4 is 0 Å². The zero-order chi connectivity index (χ0) is 8.43. The minimum atomic E-state index is 0.883. The number of benzene rings is 1. The molecule has 1 rings (SSSR count). The molecule has 0 atom stereocenters. The topological polar surface area (TPSA) is 0 Å². The maximum absolute atomic E-state index is 3.50. The summed E-state index contributed by atoms with van der Waals surface area (Å²) in [5, 5.41) is 0.883. The summed E-state index contributed by atoms with van der Waals surface area (Å²) in [4.78, 5) is 0. The molecule has 0 aliphatic carbocycles. The lowest BCUT2D eigenvalue weighted by Crippen LogP contribution is -1.83. The Kier molecular flexibility index (Phi) is 3.59. The van der Waals surface area contributed by atoms with Gasteiger partial charge in [-0.25, -0.2) is 0 Å². The van der Waals surface area contributed by atoms with Crippen molar-refractivity contribution in [3.8, 4) is 0 Å². The fraction of sp³-hybridized carbons (Fsp3) is 0.250. The van der Waals surface area contributed by atoms with E-state index in [4.69, 9.17) is 0 Å². The molecule has 0 radical (unpaired) electrons. The Morgan fingerprint density at radius 1 is 1.27 bits per heavy atom. The molecule has 0 nitrogen and oxygen atoms in total. The van der Waals surface area contributed by atoms with Crippen molar-refractivity contribution < 1.29 is 0 Å². The highest BCUT2D eigenvalue weighted by atomic mass is 79.9. The third-order valence-electron chi connectivity index (χ3n) is 1.39. The predicted molar refractivity (Wildman–Crippen MR) is 59.2 cm³/mol. The molecular weight excluding hydrogens is 336 g/mol. The largest absolute Gasteiger partial charge is 0.0876 e. The first-order valence-corrected chi connectivity index (χ1v) is 5.86. The molecule has 0 aliphatic rings. The van der Waals surface area contributed by atoms with Crippen LogP contribution in [0.3, 0.4) is 0 Å². The minimum absolute atomic E-state index is 0.883. The van der Waals surface area contributed by atoms with E-state index in [9.17, 15) is 0 Å². The quantitative estimate of drug-likeness (QED) is 0.663. The van der Waals surface area contributed by atoms with E-state index in [1.807, 2.05) is 0 Å². The van der Waals surface area contributed by atoms with Gasteiger partial charge in [-0.15, -0.1) is 0 Å². The van der Waals surface area contributed by atoms with Gasteiger partial charge in [-0.3, -0.25) is 0 Å². The van der Waals surface area contributed by atoms with Crippen molar-refractivity contribution in [3.05, 3.63) is 32.2 Å². The molecule has 1 aromatic carbocycles. The summed E-state index contributed by atoms with van der Waals surface area (Å²) in [7, 11) is 0. The van der Waals surface area contributed by atoms with Gasteiger partial charge in [0, 0.05) is 14.3 Å². The Morgan fingerprint density at radius 3 is 2.45 bits per heavy atom. The van der Waals surface area contributed by atoms with Gasteiger partial charge in [0.2, 0.25) is 0 Å². The van der Waals surface area contributed by atoms with E-state index in [0.29, 0.717) is 0 Å². The van der Waals surface area contributed by atoms with Gasteiger partial charge < -0.3 is 0 Å². The normalized spacial score (nSPS) is 10.2. The van der Waals surface area contributed by atoms with Gasteiger partial charge in [0.05, 0.1) is 0 Å². The highest BCUT2D eigenvalue weighted by molar-refractivity contribution is 9.13. The zero-order valence-corrected chi connectivity index (χ0v) is 10.8. The molecule has 0 saturated carbocycles. The zero-order valence-electron chi connectivity index (χ0n) is 6.00. The van der Waals surface area contributed by atoms with Crippen LogP contribution in [-0.4, -0.2) is 0 Å². The van der Waals surface area contributed by atoms with Gasteiger partial charge in [-0.1, -0.05) is 22.0 Å². The third kappa shape index (κ3) is 2.30. The lowest BCUT2D eigenvalue weighted by Gasteiger charge is -2.04. The summed E-state index contributed by atoms with van der Waals surface area (Å²) in [5.74, 6) is 0. The second-order valence-corrected chi connectivity index (χ2v) is 4.56. The number of aryl methyl sites for hydroxylation is 1. The first-order valence-electron chi connectivity index (χ1n) is 3.15. The maximum Gasteiger partial charge on any atom is 0.0358 e. The summed E-state index contributed by atoms with van der Waals surface area (Å²) in [6.45, 7) is 2.09. The molecule has 0 bridgehead atoms. The lowest BCUT2D eigenvalue weighted by molar-refractivity contribution is 1.32. The number of rotatable bonds is 1. The molecule has 3 heteroatoms. The second-order valence-electron chi connectivity index (χ2n) is 2.35. The maximum atomic E-state index is 3.50. The Hall–Kier alpha value is 0.660. The Morgan fingerprint density at radius 2 is 1.91 bits per heavy atom. The van der Waals surface area contributed by atoms with E-state index in [2.05, 4.69) is 66.8 Å². The lowest BCUT2D eigenvalue weighted by atomic mass is 10.2.